The lowest BCUT2D eigenvalue weighted by atomic mass is 10.2. The van der Waals surface area contributed by atoms with E-state index in [4.69, 9.17) is 11.6 Å². The Morgan fingerprint density at radius 1 is 1.37 bits per heavy atom. The van der Waals surface area contributed by atoms with E-state index in [1.165, 1.54) is 0 Å². The van der Waals surface area contributed by atoms with Gasteiger partial charge in [-0.3, -0.25) is 0 Å². The Bertz CT molecular complexity index is 515. The highest BCUT2D eigenvalue weighted by Gasteiger charge is 2.13. The number of hydrogen-bond acceptors (Lipinski definition) is 5. The minimum absolute atomic E-state index is 0.167. The number of anilines is 1. The Kier molecular flexibility index (Phi) is 5.10. The third kappa shape index (κ3) is 3.88. The molecule has 2 rings (SSSR count). The quantitative estimate of drug-likeness (QED) is 0.815. The van der Waals surface area contributed by atoms with Gasteiger partial charge in [0.15, 0.2) is 0 Å². The monoisotopic (exact) mass is 296 g/mol. The van der Waals surface area contributed by atoms with Gasteiger partial charge >= 0.3 is 0 Å². The van der Waals surface area contributed by atoms with Crippen LogP contribution in [0.4, 0.5) is 5.82 Å². The van der Waals surface area contributed by atoms with Crippen molar-refractivity contribution in [2.75, 3.05) is 5.32 Å². The molecule has 0 aliphatic rings. The van der Waals surface area contributed by atoms with Gasteiger partial charge in [0, 0.05) is 24.1 Å². The molecular weight excluding hydrogens is 280 g/mol. The van der Waals surface area contributed by atoms with Crippen LogP contribution in [0.2, 0.25) is 5.15 Å². The largest absolute Gasteiger partial charge is 0.361 e. The topological polar surface area (TPSA) is 50.7 Å². The van der Waals surface area contributed by atoms with Crippen LogP contribution < -0.4 is 5.32 Å². The number of thiazole rings is 1. The first-order chi connectivity index (χ1) is 9.22. The van der Waals surface area contributed by atoms with Crippen molar-refractivity contribution in [1.29, 1.82) is 0 Å². The molecule has 0 spiro atoms. The summed E-state index contributed by atoms with van der Waals surface area (Å²) in [4.78, 5) is 13.1. The van der Waals surface area contributed by atoms with Crippen LogP contribution in [0.15, 0.2) is 17.6 Å². The molecule has 102 valence electrons. The van der Waals surface area contributed by atoms with Gasteiger partial charge < -0.3 is 5.32 Å². The molecule has 0 aliphatic heterocycles. The normalized spacial score (nSPS) is 12.4. The van der Waals surface area contributed by atoms with E-state index in [1.54, 1.807) is 17.4 Å². The van der Waals surface area contributed by atoms with Crippen LogP contribution >= 0.6 is 22.9 Å². The smallest absolute Gasteiger partial charge is 0.134 e. The van der Waals surface area contributed by atoms with Crippen LogP contribution in [0.25, 0.3) is 0 Å². The fraction of sp³-hybridized carbons (Fsp3) is 0.462. The number of nitrogens with zero attached hydrogens (tertiary/aromatic N) is 3. The fourth-order valence-electron chi connectivity index (χ4n) is 1.80. The fourth-order valence-corrected chi connectivity index (χ4v) is 2.77. The molecule has 2 aromatic heterocycles. The molecule has 2 aromatic rings. The van der Waals surface area contributed by atoms with E-state index < -0.39 is 0 Å². The van der Waals surface area contributed by atoms with Crippen LogP contribution in [0.3, 0.4) is 0 Å². The zero-order valence-corrected chi connectivity index (χ0v) is 12.6. The standard InChI is InChI=1S/C13H17ClN4S/c1-3-5-11-17-10(14)8-12(18-11)16-9(4-2)13-15-6-7-19-13/h6-9H,3-5H2,1-2H3,(H,16,17,18). The van der Waals surface area contributed by atoms with Crippen molar-refractivity contribution in [3.63, 3.8) is 0 Å². The minimum Gasteiger partial charge on any atom is -0.361 e. The lowest BCUT2D eigenvalue weighted by molar-refractivity contribution is 0.732. The molecule has 2 heterocycles. The third-order valence-electron chi connectivity index (χ3n) is 2.69. The molecule has 1 atom stereocenters. The Balaban J connectivity index is 2.17. The molecule has 1 N–H and O–H groups in total. The molecule has 0 aromatic carbocycles. The minimum atomic E-state index is 0.167. The summed E-state index contributed by atoms with van der Waals surface area (Å²) in [6.45, 7) is 4.22. The zero-order chi connectivity index (χ0) is 13.7. The van der Waals surface area contributed by atoms with E-state index in [0.717, 1.165) is 35.9 Å². The number of hydrogen-bond donors (Lipinski definition) is 1. The Morgan fingerprint density at radius 3 is 2.84 bits per heavy atom. The van der Waals surface area contributed by atoms with Gasteiger partial charge in [0.1, 0.15) is 21.8 Å². The molecule has 1 unspecified atom stereocenters. The van der Waals surface area contributed by atoms with E-state index in [1.807, 2.05) is 11.6 Å². The summed E-state index contributed by atoms with van der Waals surface area (Å²) in [5.41, 5.74) is 0. The highest BCUT2D eigenvalue weighted by Crippen LogP contribution is 2.24. The van der Waals surface area contributed by atoms with E-state index >= 15 is 0 Å². The maximum absolute atomic E-state index is 6.03. The highest BCUT2D eigenvalue weighted by molar-refractivity contribution is 7.09. The van der Waals surface area contributed by atoms with E-state index in [9.17, 15) is 0 Å². The molecule has 19 heavy (non-hydrogen) atoms. The summed E-state index contributed by atoms with van der Waals surface area (Å²) >= 11 is 7.68. The average Bonchev–Trinajstić information content (AvgIpc) is 2.89. The molecule has 0 saturated heterocycles. The predicted molar refractivity (Wildman–Crippen MR) is 79.8 cm³/mol. The second kappa shape index (κ2) is 6.82. The van der Waals surface area contributed by atoms with E-state index in [2.05, 4.69) is 34.1 Å². The van der Waals surface area contributed by atoms with Crippen molar-refractivity contribution in [2.45, 2.75) is 39.2 Å². The number of rotatable bonds is 6. The molecule has 0 fully saturated rings. The van der Waals surface area contributed by atoms with Crippen molar-refractivity contribution in [1.82, 2.24) is 15.0 Å². The molecule has 0 saturated carbocycles. The van der Waals surface area contributed by atoms with Crippen molar-refractivity contribution in [3.8, 4) is 0 Å². The molecule has 6 heteroatoms. The van der Waals surface area contributed by atoms with Gasteiger partial charge in [0.05, 0.1) is 6.04 Å². The van der Waals surface area contributed by atoms with Crippen molar-refractivity contribution >= 4 is 28.8 Å². The Hall–Kier alpha value is -1.20. The van der Waals surface area contributed by atoms with Crippen LogP contribution in [0.1, 0.15) is 43.6 Å². The average molecular weight is 297 g/mol. The van der Waals surface area contributed by atoms with Crippen molar-refractivity contribution < 1.29 is 0 Å². The number of aromatic nitrogens is 3. The number of aryl methyl sites for hydroxylation is 1. The zero-order valence-electron chi connectivity index (χ0n) is 11.1. The van der Waals surface area contributed by atoms with Gasteiger partial charge in [0.2, 0.25) is 0 Å². The van der Waals surface area contributed by atoms with Crippen LogP contribution in [-0.4, -0.2) is 15.0 Å². The molecular formula is C13H17ClN4S. The van der Waals surface area contributed by atoms with Gasteiger partial charge in [-0.25, -0.2) is 15.0 Å². The molecule has 4 nitrogen and oxygen atoms in total. The third-order valence-corrected chi connectivity index (χ3v) is 3.78. The number of halogens is 1. The maximum Gasteiger partial charge on any atom is 0.134 e. The molecule has 0 radical (unpaired) electrons. The molecule has 0 amide bonds. The Labute approximate surface area is 122 Å². The van der Waals surface area contributed by atoms with Gasteiger partial charge in [0.25, 0.3) is 0 Å². The van der Waals surface area contributed by atoms with Crippen molar-refractivity contribution in [2.24, 2.45) is 0 Å². The van der Waals surface area contributed by atoms with Crippen LogP contribution in [0.5, 0.6) is 0 Å². The lowest BCUT2D eigenvalue weighted by Gasteiger charge is -2.15. The predicted octanol–water partition coefficient (Wildman–Crippen LogP) is 4.10. The Morgan fingerprint density at radius 2 is 2.21 bits per heavy atom. The highest BCUT2D eigenvalue weighted by atomic mass is 35.5. The second-order valence-corrected chi connectivity index (χ2v) is 5.53. The van der Waals surface area contributed by atoms with Crippen LogP contribution in [0, 0.1) is 0 Å². The summed E-state index contributed by atoms with van der Waals surface area (Å²) in [5.74, 6) is 1.55. The lowest BCUT2D eigenvalue weighted by Crippen LogP contribution is -2.11. The summed E-state index contributed by atoms with van der Waals surface area (Å²) < 4.78 is 0. The van der Waals surface area contributed by atoms with Crippen molar-refractivity contribution in [3.05, 3.63) is 33.6 Å². The molecule has 0 bridgehead atoms. The van der Waals surface area contributed by atoms with Gasteiger partial charge in [-0.2, -0.15) is 0 Å². The maximum atomic E-state index is 6.03. The van der Waals surface area contributed by atoms with Gasteiger partial charge in [-0.1, -0.05) is 25.4 Å². The summed E-state index contributed by atoms with van der Waals surface area (Å²) in [6, 6.07) is 1.93. The van der Waals surface area contributed by atoms with E-state index in [0.29, 0.717) is 5.15 Å². The second-order valence-electron chi connectivity index (χ2n) is 4.22. The van der Waals surface area contributed by atoms with Gasteiger partial charge in [-0.15, -0.1) is 11.3 Å². The number of nitrogens with one attached hydrogen (secondary N) is 1. The SMILES string of the molecule is CCCc1nc(Cl)cc(NC(CC)c2nccs2)n1. The molecule has 0 aliphatic carbocycles. The summed E-state index contributed by atoms with van der Waals surface area (Å²) in [7, 11) is 0. The first-order valence-electron chi connectivity index (χ1n) is 6.42. The van der Waals surface area contributed by atoms with Crippen LogP contribution in [-0.2, 0) is 6.42 Å². The summed E-state index contributed by atoms with van der Waals surface area (Å²) in [5, 5.41) is 6.91. The first kappa shape index (κ1) is 14.2. The summed E-state index contributed by atoms with van der Waals surface area (Å²) in [6.07, 6.45) is 4.60. The van der Waals surface area contributed by atoms with E-state index in [-0.39, 0.29) is 6.04 Å². The first-order valence-corrected chi connectivity index (χ1v) is 7.68. The van der Waals surface area contributed by atoms with Gasteiger partial charge in [-0.05, 0) is 12.8 Å².